The van der Waals surface area contributed by atoms with Crippen molar-refractivity contribution in [3.05, 3.63) is 75.8 Å². The number of halogens is 1. The van der Waals surface area contributed by atoms with Gasteiger partial charge in [-0.25, -0.2) is 8.42 Å². The van der Waals surface area contributed by atoms with E-state index in [4.69, 9.17) is 16.0 Å². The number of sulfonamides is 1. The van der Waals surface area contributed by atoms with Crippen LogP contribution in [0.1, 0.15) is 10.6 Å². The highest BCUT2D eigenvalue weighted by atomic mass is 35.5. The van der Waals surface area contributed by atoms with Gasteiger partial charge in [0, 0.05) is 16.4 Å². The van der Waals surface area contributed by atoms with Gasteiger partial charge in [0.15, 0.2) is 0 Å². The second-order valence-corrected chi connectivity index (χ2v) is 8.29. The van der Waals surface area contributed by atoms with Crippen molar-refractivity contribution >= 4 is 33.0 Å². The summed E-state index contributed by atoms with van der Waals surface area (Å²) in [6, 6.07) is 13.5. The molecule has 0 fully saturated rings. The van der Waals surface area contributed by atoms with Crippen molar-refractivity contribution < 1.29 is 12.8 Å². The maximum atomic E-state index is 12.9. The van der Waals surface area contributed by atoms with E-state index in [9.17, 15) is 8.42 Å². The highest BCUT2D eigenvalue weighted by molar-refractivity contribution is 7.89. The number of hydrogen-bond donors (Lipinski definition) is 0. The minimum absolute atomic E-state index is 0.176. The standard InChI is InChI=1S/C16H14ClNO3S2/c17-13-5-7-16(8-6-13)23(19,20)18(11-14-3-1-9-21-14)12-15-4-2-10-22-15/h1-10H,11-12H2. The van der Waals surface area contributed by atoms with Gasteiger partial charge in [0.25, 0.3) is 0 Å². The van der Waals surface area contributed by atoms with Crippen LogP contribution in [0.3, 0.4) is 0 Å². The van der Waals surface area contributed by atoms with Crippen molar-refractivity contribution in [1.29, 1.82) is 0 Å². The zero-order valence-corrected chi connectivity index (χ0v) is 14.4. The quantitative estimate of drug-likeness (QED) is 0.649. The molecule has 0 aliphatic rings. The largest absolute Gasteiger partial charge is 0.468 e. The number of benzene rings is 1. The maximum absolute atomic E-state index is 12.9. The van der Waals surface area contributed by atoms with Gasteiger partial charge in [-0.2, -0.15) is 4.31 Å². The molecule has 23 heavy (non-hydrogen) atoms. The lowest BCUT2D eigenvalue weighted by molar-refractivity contribution is 0.360. The summed E-state index contributed by atoms with van der Waals surface area (Å²) in [6.45, 7) is 0.471. The molecule has 0 aliphatic heterocycles. The Labute approximate surface area is 144 Å². The van der Waals surface area contributed by atoms with Crippen LogP contribution in [0.15, 0.2) is 69.5 Å². The van der Waals surface area contributed by atoms with E-state index in [-0.39, 0.29) is 11.4 Å². The summed E-state index contributed by atoms with van der Waals surface area (Å²) in [5, 5.41) is 2.43. The molecule has 2 aromatic heterocycles. The molecule has 4 nitrogen and oxygen atoms in total. The number of nitrogens with zero attached hydrogens (tertiary/aromatic N) is 1. The number of thiophene rings is 1. The Balaban J connectivity index is 1.93. The third-order valence-corrected chi connectivity index (χ3v) is 6.20. The molecule has 0 radical (unpaired) electrons. The van der Waals surface area contributed by atoms with Gasteiger partial charge in [-0.1, -0.05) is 17.7 Å². The van der Waals surface area contributed by atoms with Gasteiger partial charge in [-0.05, 0) is 47.8 Å². The molecule has 0 aliphatic carbocycles. The Hall–Kier alpha value is -1.60. The minimum atomic E-state index is -3.65. The molecule has 0 amide bonds. The van der Waals surface area contributed by atoms with Crippen LogP contribution >= 0.6 is 22.9 Å². The van der Waals surface area contributed by atoms with E-state index in [1.807, 2.05) is 17.5 Å². The summed E-state index contributed by atoms with van der Waals surface area (Å²) in [7, 11) is -3.65. The zero-order chi connectivity index (χ0) is 16.3. The highest BCUT2D eigenvalue weighted by Crippen LogP contribution is 2.24. The first-order chi connectivity index (χ1) is 11.1. The van der Waals surface area contributed by atoms with E-state index in [1.165, 1.54) is 34.0 Å². The fraction of sp³-hybridized carbons (Fsp3) is 0.125. The summed E-state index contributed by atoms with van der Waals surface area (Å²) in [4.78, 5) is 1.18. The lowest BCUT2D eigenvalue weighted by Crippen LogP contribution is -2.29. The number of hydrogen-bond acceptors (Lipinski definition) is 4. The monoisotopic (exact) mass is 367 g/mol. The average molecular weight is 368 g/mol. The molecule has 1 aromatic carbocycles. The van der Waals surface area contributed by atoms with Crippen molar-refractivity contribution in [3.8, 4) is 0 Å². The van der Waals surface area contributed by atoms with Gasteiger partial charge in [-0.15, -0.1) is 11.3 Å². The predicted molar refractivity (Wildman–Crippen MR) is 90.9 cm³/mol. The Morgan fingerprint density at radius 3 is 2.43 bits per heavy atom. The smallest absolute Gasteiger partial charge is 0.243 e. The average Bonchev–Trinajstić information content (AvgIpc) is 3.20. The molecule has 2 heterocycles. The van der Waals surface area contributed by atoms with E-state index < -0.39 is 10.0 Å². The van der Waals surface area contributed by atoms with Crippen LogP contribution in [0.5, 0.6) is 0 Å². The summed E-state index contributed by atoms with van der Waals surface area (Å²) in [5.74, 6) is 0.596. The van der Waals surface area contributed by atoms with Crippen molar-refractivity contribution in [1.82, 2.24) is 4.31 Å². The summed E-state index contributed by atoms with van der Waals surface area (Å²) >= 11 is 7.37. The Kier molecular flexibility index (Phi) is 4.87. The van der Waals surface area contributed by atoms with Crippen LogP contribution in [-0.4, -0.2) is 12.7 Å². The first kappa shape index (κ1) is 16.3. The number of rotatable bonds is 6. The van der Waals surface area contributed by atoms with Crippen LogP contribution in [0.25, 0.3) is 0 Å². The molecule has 0 unspecified atom stereocenters. The molecular formula is C16H14ClNO3S2. The lowest BCUT2D eigenvalue weighted by Gasteiger charge is -2.20. The fourth-order valence-corrected chi connectivity index (χ4v) is 4.45. The molecule has 3 aromatic rings. The molecule has 0 spiro atoms. The van der Waals surface area contributed by atoms with Gasteiger partial charge in [0.05, 0.1) is 17.7 Å². The van der Waals surface area contributed by atoms with Crippen molar-refractivity contribution in [2.45, 2.75) is 18.0 Å². The van der Waals surface area contributed by atoms with Gasteiger partial charge in [0.2, 0.25) is 10.0 Å². The normalized spacial score (nSPS) is 11.9. The molecule has 0 N–H and O–H groups in total. The van der Waals surface area contributed by atoms with E-state index in [2.05, 4.69) is 0 Å². The van der Waals surface area contributed by atoms with Gasteiger partial charge in [-0.3, -0.25) is 0 Å². The Bertz CT molecular complexity index is 805. The lowest BCUT2D eigenvalue weighted by atomic mass is 10.4. The summed E-state index contributed by atoms with van der Waals surface area (Å²) in [6.07, 6.45) is 1.54. The van der Waals surface area contributed by atoms with Crippen molar-refractivity contribution in [2.24, 2.45) is 0 Å². The molecule has 0 atom stereocenters. The molecule has 0 bridgehead atoms. The van der Waals surface area contributed by atoms with Crippen molar-refractivity contribution in [3.63, 3.8) is 0 Å². The van der Waals surface area contributed by atoms with E-state index in [0.29, 0.717) is 17.3 Å². The van der Waals surface area contributed by atoms with Crippen LogP contribution in [0, 0.1) is 0 Å². The van der Waals surface area contributed by atoms with Crippen LogP contribution in [0.4, 0.5) is 0 Å². The van der Waals surface area contributed by atoms with Gasteiger partial charge < -0.3 is 4.42 Å². The van der Waals surface area contributed by atoms with E-state index >= 15 is 0 Å². The summed E-state index contributed by atoms with van der Waals surface area (Å²) < 4.78 is 32.6. The van der Waals surface area contributed by atoms with Crippen LogP contribution in [-0.2, 0) is 23.1 Å². The van der Waals surface area contributed by atoms with Gasteiger partial charge >= 0.3 is 0 Å². The maximum Gasteiger partial charge on any atom is 0.243 e. The number of furan rings is 1. The van der Waals surface area contributed by atoms with Crippen LogP contribution < -0.4 is 0 Å². The first-order valence-corrected chi connectivity index (χ1v) is 9.56. The molecule has 0 saturated heterocycles. The Morgan fingerprint density at radius 1 is 1.04 bits per heavy atom. The Morgan fingerprint density at radius 2 is 1.83 bits per heavy atom. The second-order valence-electron chi connectivity index (χ2n) is 4.89. The SMILES string of the molecule is O=S(=O)(c1ccc(Cl)cc1)N(Cc1ccco1)Cc1cccs1. The third-order valence-electron chi connectivity index (χ3n) is 3.28. The molecule has 7 heteroatoms. The first-order valence-electron chi connectivity index (χ1n) is 6.86. The molecular weight excluding hydrogens is 354 g/mol. The molecule has 120 valence electrons. The molecule has 0 saturated carbocycles. The minimum Gasteiger partial charge on any atom is -0.468 e. The van der Waals surface area contributed by atoms with E-state index in [1.54, 1.807) is 24.3 Å². The molecule has 3 rings (SSSR count). The van der Waals surface area contributed by atoms with Gasteiger partial charge in [0.1, 0.15) is 5.76 Å². The second kappa shape index (κ2) is 6.88. The predicted octanol–water partition coefficient (Wildman–Crippen LogP) is 4.39. The van der Waals surface area contributed by atoms with Crippen LogP contribution in [0.2, 0.25) is 5.02 Å². The fourth-order valence-electron chi connectivity index (χ4n) is 2.13. The topological polar surface area (TPSA) is 50.5 Å². The third kappa shape index (κ3) is 3.84. The van der Waals surface area contributed by atoms with E-state index in [0.717, 1.165) is 4.88 Å². The zero-order valence-electron chi connectivity index (χ0n) is 12.1. The highest BCUT2D eigenvalue weighted by Gasteiger charge is 2.26. The summed E-state index contributed by atoms with van der Waals surface area (Å²) in [5.41, 5.74) is 0. The van der Waals surface area contributed by atoms with Crippen molar-refractivity contribution in [2.75, 3.05) is 0 Å².